The summed E-state index contributed by atoms with van der Waals surface area (Å²) in [5, 5.41) is 0. The zero-order chi connectivity index (χ0) is 5.91. The molecular weight excluding hydrogens is 199 g/mol. The summed E-state index contributed by atoms with van der Waals surface area (Å²) in [6.07, 6.45) is 1.62. The van der Waals surface area contributed by atoms with Gasteiger partial charge in [0.05, 0.1) is 0 Å². The van der Waals surface area contributed by atoms with Gasteiger partial charge < -0.3 is 0 Å². The van der Waals surface area contributed by atoms with Crippen LogP contribution in [0, 0.1) is 0 Å². The quantitative estimate of drug-likeness (QED) is 0.365. The lowest BCUT2D eigenvalue weighted by molar-refractivity contribution is 1.73. The van der Waals surface area contributed by atoms with Crippen LogP contribution in [-0.2, 0) is 0 Å². The molecule has 0 aromatic carbocycles. The molecule has 0 nitrogen and oxygen atoms in total. The molecule has 0 bridgehead atoms. The third kappa shape index (κ3) is 10.1. The lowest BCUT2D eigenvalue weighted by atomic mass is 10.8. The molecule has 0 unspecified atom stereocenters. The van der Waals surface area contributed by atoms with Crippen molar-refractivity contribution in [1.82, 2.24) is 0 Å². The summed E-state index contributed by atoms with van der Waals surface area (Å²) in [6, 6.07) is -1.82. The average Bonchev–Trinajstić information content (AvgIpc) is 1.30. The first-order chi connectivity index (χ1) is 3.06. The highest BCUT2D eigenvalue weighted by Gasteiger charge is 2.21. The summed E-state index contributed by atoms with van der Waals surface area (Å²) < 4.78 is 0. The van der Waals surface area contributed by atoms with E-state index in [-0.39, 0.29) is 11.0 Å². The molecule has 0 fully saturated rings. The molecule has 0 aromatic heterocycles. The number of hydrogen-bond acceptors (Lipinski definition) is 0. The van der Waals surface area contributed by atoms with E-state index in [4.69, 9.17) is 33.2 Å². The summed E-state index contributed by atoms with van der Waals surface area (Å²) in [7, 11) is 0. The Morgan fingerprint density at radius 3 is 1.75 bits per heavy atom. The third-order valence-electron chi connectivity index (χ3n) is 0.376. The zero-order valence-corrected chi connectivity index (χ0v) is 6.89. The van der Waals surface area contributed by atoms with E-state index in [1.54, 1.807) is 6.08 Å². The van der Waals surface area contributed by atoms with Gasteiger partial charge in [0, 0.05) is 6.04 Å². The molecule has 0 spiro atoms. The van der Waals surface area contributed by atoms with Crippen LogP contribution in [0.1, 0.15) is 0 Å². The molecule has 5 heteroatoms. The van der Waals surface area contributed by atoms with E-state index < -0.39 is 6.00 Å². The molecule has 0 saturated carbocycles. The van der Waals surface area contributed by atoms with Crippen molar-refractivity contribution in [2.24, 2.45) is 0 Å². The van der Waals surface area contributed by atoms with Crippen LogP contribution in [0.4, 0.5) is 0 Å². The van der Waals surface area contributed by atoms with Crippen LogP contribution in [-0.4, -0.2) is 17.0 Å². The monoisotopic (exact) mass is 206 g/mol. The fraction of sp³-hybridized carbons (Fsp3) is 0.333. The Balaban J connectivity index is 0. The van der Waals surface area contributed by atoms with Gasteiger partial charge in [-0.3, -0.25) is 0 Å². The van der Waals surface area contributed by atoms with Crippen molar-refractivity contribution in [3.05, 3.63) is 12.7 Å². The van der Waals surface area contributed by atoms with Gasteiger partial charge in [-0.2, -0.15) is 0 Å². The summed E-state index contributed by atoms with van der Waals surface area (Å²) in [5.74, 6) is 0. The van der Waals surface area contributed by atoms with Gasteiger partial charge in [0.2, 0.25) is 0 Å². The van der Waals surface area contributed by atoms with Gasteiger partial charge in [0.25, 0.3) is 0 Å². The highest BCUT2D eigenvalue weighted by Crippen LogP contribution is 2.24. The van der Waals surface area contributed by atoms with E-state index in [2.05, 4.69) is 6.58 Å². The highest BCUT2D eigenvalue weighted by atomic mass is 35.8. The zero-order valence-electron chi connectivity index (χ0n) is 3.63. The second kappa shape index (κ2) is 4.88. The Kier molecular flexibility index (Phi) is 7.19. The average molecular weight is 208 g/mol. The Bertz CT molecular complexity index is 67.4. The topological polar surface area (TPSA) is 0 Å². The van der Waals surface area contributed by atoms with Crippen LogP contribution in [0.2, 0.25) is 6.04 Å². The SMILES string of the molecule is C=CC[Si](Cl)(Cl)Cl.[SiH4]. The molecular formula is C3H9Cl3Si2. The van der Waals surface area contributed by atoms with Crippen molar-refractivity contribution in [3.8, 4) is 0 Å². The minimum Gasteiger partial charge on any atom is -0.126 e. The molecule has 0 aliphatic heterocycles. The maximum Gasteiger partial charge on any atom is 0.344 e. The number of allylic oxidation sites excluding steroid dienone is 1. The molecule has 0 aliphatic rings. The molecule has 0 rings (SSSR count). The van der Waals surface area contributed by atoms with Gasteiger partial charge in [0.15, 0.2) is 0 Å². The summed E-state index contributed by atoms with van der Waals surface area (Å²) >= 11 is 16.3. The molecule has 0 heterocycles. The molecule has 0 N–H and O–H groups in total. The first-order valence-corrected chi connectivity index (χ1v) is 6.98. The molecule has 0 radical (unpaired) electrons. The van der Waals surface area contributed by atoms with Gasteiger partial charge in [0.1, 0.15) is 0 Å². The smallest absolute Gasteiger partial charge is 0.126 e. The van der Waals surface area contributed by atoms with Crippen LogP contribution < -0.4 is 0 Å². The van der Waals surface area contributed by atoms with E-state index in [1.165, 1.54) is 0 Å². The summed E-state index contributed by atoms with van der Waals surface area (Å²) in [5.41, 5.74) is 0. The Hall–Kier alpha value is 1.04. The van der Waals surface area contributed by atoms with Gasteiger partial charge in [-0.15, -0.1) is 39.8 Å². The van der Waals surface area contributed by atoms with E-state index in [0.717, 1.165) is 0 Å². The predicted molar refractivity (Wildman–Crippen MR) is 49.7 cm³/mol. The largest absolute Gasteiger partial charge is 0.344 e. The van der Waals surface area contributed by atoms with Crippen LogP contribution in [0.15, 0.2) is 12.7 Å². The van der Waals surface area contributed by atoms with E-state index in [1.807, 2.05) is 0 Å². The van der Waals surface area contributed by atoms with Crippen LogP contribution in [0.5, 0.6) is 0 Å². The fourth-order valence-electron chi connectivity index (χ4n) is 0.164. The number of halogens is 3. The second-order valence-electron chi connectivity index (χ2n) is 1.11. The first-order valence-electron chi connectivity index (χ1n) is 1.74. The first kappa shape index (κ1) is 11.8. The minimum atomic E-state index is -2.36. The van der Waals surface area contributed by atoms with Crippen molar-refractivity contribution < 1.29 is 0 Å². The van der Waals surface area contributed by atoms with Crippen molar-refractivity contribution in [3.63, 3.8) is 0 Å². The molecule has 0 aromatic rings. The van der Waals surface area contributed by atoms with Gasteiger partial charge in [-0.05, 0) is 11.0 Å². The van der Waals surface area contributed by atoms with E-state index in [0.29, 0.717) is 6.04 Å². The maximum absolute atomic E-state index is 5.43. The molecule has 50 valence electrons. The third-order valence-corrected chi connectivity index (χ3v) is 2.52. The lowest BCUT2D eigenvalue weighted by Crippen LogP contribution is -2.05. The summed E-state index contributed by atoms with van der Waals surface area (Å²) in [4.78, 5) is 0. The fourth-order valence-corrected chi connectivity index (χ4v) is 1.47. The van der Waals surface area contributed by atoms with Gasteiger partial charge >= 0.3 is 6.00 Å². The van der Waals surface area contributed by atoms with Crippen LogP contribution >= 0.6 is 33.2 Å². The highest BCUT2D eigenvalue weighted by molar-refractivity contribution is 7.64. The van der Waals surface area contributed by atoms with Gasteiger partial charge in [-0.25, -0.2) is 0 Å². The van der Waals surface area contributed by atoms with E-state index >= 15 is 0 Å². The Morgan fingerprint density at radius 2 is 1.75 bits per heavy atom. The van der Waals surface area contributed by atoms with Gasteiger partial charge in [-0.1, -0.05) is 6.08 Å². The van der Waals surface area contributed by atoms with Crippen molar-refractivity contribution >= 4 is 50.2 Å². The second-order valence-corrected chi connectivity index (χ2v) is 10.3. The maximum atomic E-state index is 5.43. The normalized spacial score (nSPS) is 9.88. The van der Waals surface area contributed by atoms with Crippen molar-refractivity contribution in [2.45, 2.75) is 6.04 Å². The minimum absolute atomic E-state index is 0. The van der Waals surface area contributed by atoms with Crippen LogP contribution in [0.25, 0.3) is 0 Å². The van der Waals surface area contributed by atoms with Crippen LogP contribution in [0.3, 0.4) is 0 Å². The molecule has 0 aliphatic carbocycles. The molecule has 0 amide bonds. The standard InChI is InChI=1S/C3H5Cl3Si.H4Si/c1-2-3-7(4,5)6;/h2H,1,3H2;1H4. The van der Waals surface area contributed by atoms with Crippen molar-refractivity contribution in [2.75, 3.05) is 0 Å². The number of hydrogen-bond donors (Lipinski definition) is 0. The predicted octanol–water partition coefficient (Wildman–Crippen LogP) is 1.38. The van der Waals surface area contributed by atoms with E-state index in [9.17, 15) is 0 Å². The summed E-state index contributed by atoms with van der Waals surface area (Å²) in [6.45, 7) is 3.43. The Morgan fingerprint density at radius 1 is 1.38 bits per heavy atom. The Labute approximate surface area is 69.0 Å². The number of rotatable bonds is 2. The molecule has 0 saturated heterocycles. The lowest BCUT2D eigenvalue weighted by Gasteiger charge is -1.99. The van der Waals surface area contributed by atoms with Crippen molar-refractivity contribution in [1.29, 1.82) is 0 Å². The molecule has 0 atom stereocenters. The molecule has 8 heavy (non-hydrogen) atoms.